The maximum atomic E-state index is 6.15. The SMILES string of the molecule is Clc1cccc(-n2ncc3c(NCc4ccc(-c5nc(-c6ccccc6)cs5)cc4)ncnc32)c1. The predicted octanol–water partition coefficient (Wildman–Crippen LogP) is 6.87. The quantitative estimate of drug-likeness (QED) is 0.273. The Hall–Kier alpha value is -4.07. The van der Waals surface area contributed by atoms with E-state index in [4.69, 9.17) is 16.6 Å². The van der Waals surface area contributed by atoms with Gasteiger partial charge in [0, 0.05) is 28.1 Å². The molecule has 0 amide bonds. The van der Waals surface area contributed by atoms with Gasteiger partial charge in [0.25, 0.3) is 0 Å². The molecule has 8 heteroatoms. The number of fused-ring (bicyclic) bond motifs is 1. The van der Waals surface area contributed by atoms with Crippen LogP contribution in [-0.4, -0.2) is 24.7 Å². The van der Waals surface area contributed by atoms with Crippen LogP contribution in [0, 0.1) is 0 Å². The minimum Gasteiger partial charge on any atom is -0.365 e. The molecule has 0 fully saturated rings. The highest BCUT2D eigenvalue weighted by Crippen LogP contribution is 2.29. The second-order valence-electron chi connectivity index (χ2n) is 7.95. The summed E-state index contributed by atoms with van der Waals surface area (Å²) >= 11 is 7.81. The monoisotopic (exact) mass is 494 g/mol. The largest absolute Gasteiger partial charge is 0.365 e. The molecule has 0 aliphatic heterocycles. The van der Waals surface area contributed by atoms with Crippen molar-refractivity contribution < 1.29 is 0 Å². The molecule has 0 saturated carbocycles. The molecule has 3 aromatic carbocycles. The average molecular weight is 495 g/mol. The molecule has 0 radical (unpaired) electrons. The van der Waals surface area contributed by atoms with Crippen LogP contribution in [0.15, 0.2) is 96.8 Å². The fourth-order valence-electron chi connectivity index (χ4n) is 3.88. The van der Waals surface area contributed by atoms with E-state index in [1.54, 1.807) is 28.5 Å². The number of hydrogen-bond acceptors (Lipinski definition) is 6. The molecule has 0 aliphatic carbocycles. The maximum Gasteiger partial charge on any atom is 0.168 e. The van der Waals surface area contributed by atoms with Gasteiger partial charge in [0.2, 0.25) is 0 Å². The van der Waals surface area contributed by atoms with Crippen molar-refractivity contribution in [2.24, 2.45) is 0 Å². The highest BCUT2D eigenvalue weighted by atomic mass is 35.5. The Morgan fingerprint density at radius 3 is 2.57 bits per heavy atom. The lowest BCUT2D eigenvalue weighted by Gasteiger charge is -2.08. The molecule has 0 atom stereocenters. The Labute approximate surface area is 210 Å². The van der Waals surface area contributed by atoms with Gasteiger partial charge in [0.15, 0.2) is 5.65 Å². The lowest BCUT2D eigenvalue weighted by molar-refractivity contribution is 0.895. The van der Waals surface area contributed by atoms with Gasteiger partial charge in [-0.1, -0.05) is 72.3 Å². The van der Waals surface area contributed by atoms with Crippen molar-refractivity contribution in [3.05, 3.63) is 107 Å². The number of nitrogens with zero attached hydrogens (tertiary/aromatic N) is 5. The van der Waals surface area contributed by atoms with E-state index in [1.165, 1.54) is 0 Å². The molecule has 0 unspecified atom stereocenters. The Bertz CT molecular complexity index is 1610. The van der Waals surface area contributed by atoms with E-state index in [2.05, 4.69) is 62.2 Å². The summed E-state index contributed by atoms with van der Waals surface area (Å²) < 4.78 is 1.76. The normalized spacial score (nSPS) is 11.1. The molecular weight excluding hydrogens is 476 g/mol. The number of rotatable bonds is 6. The van der Waals surface area contributed by atoms with E-state index in [-0.39, 0.29) is 0 Å². The number of nitrogens with one attached hydrogen (secondary N) is 1. The van der Waals surface area contributed by atoms with Crippen LogP contribution in [0.1, 0.15) is 5.56 Å². The first-order valence-corrected chi connectivity index (χ1v) is 12.3. The molecule has 0 spiro atoms. The third-order valence-electron chi connectivity index (χ3n) is 5.65. The average Bonchev–Trinajstić information content (AvgIpc) is 3.57. The summed E-state index contributed by atoms with van der Waals surface area (Å²) in [6, 6.07) is 26.2. The molecule has 3 aromatic heterocycles. The molecule has 6 rings (SSSR count). The predicted molar refractivity (Wildman–Crippen MR) is 142 cm³/mol. The van der Waals surface area contributed by atoms with Crippen LogP contribution < -0.4 is 5.32 Å². The van der Waals surface area contributed by atoms with Gasteiger partial charge in [0.1, 0.15) is 17.2 Å². The van der Waals surface area contributed by atoms with Gasteiger partial charge >= 0.3 is 0 Å². The number of aromatic nitrogens is 5. The van der Waals surface area contributed by atoms with E-state index in [0.717, 1.165) is 49.9 Å². The van der Waals surface area contributed by atoms with Crippen molar-refractivity contribution >= 4 is 39.8 Å². The van der Waals surface area contributed by atoms with Crippen LogP contribution >= 0.6 is 22.9 Å². The summed E-state index contributed by atoms with van der Waals surface area (Å²) in [6.07, 6.45) is 3.32. The van der Waals surface area contributed by atoms with E-state index in [0.29, 0.717) is 11.6 Å². The Balaban J connectivity index is 1.19. The third-order valence-corrected chi connectivity index (χ3v) is 6.78. The van der Waals surface area contributed by atoms with Gasteiger partial charge in [0.05, 0.1) is 23.0 Å². The minimum absolute atomic E-state index is 0.627. The fourth-order valence-corrected chi connectivity index (χ4v) is 4.90. The standard InChI is InChI=1S/C27H19ClN6S/c28-21-7-4-8-22(13-21)34-26-23(15-32-34)25(30-17-31-26)29-14-18-9-11-20(12-10-18)27-33-24(16-35-27)19-5-2-1-3-6-19/h1-13,15-17H,14H2,(H,29,30,31). The third kappa shape index (κ3) is 4.39. The number of halogens is 1. The summed E-state index contributed by atoms with van der Waals surface area (Å²) in [5.74, 6) is 0.736. The fraction of sp³-hybridized carbons (Fsp3) is 0.0370. The van der Waals surface area contributed by atoms with E-state index >= 15 is 0 Å². The first kappa shape index (κ1) is 21.5. The van der Waals surface area contributed by atoms with Crippen molar-refractivity contribution in [2.45, 2.75) is 6.54 Å². The molecule has 6 aromatic rings. The van der Waals surface area contributed by atoms with Gasteiger partial charge in [-0.05, 0) is 23.8 Å². The summed E-state index contributed by atoms with van der Waals surface area (Å²) in [5.41, 5.74) is 5.95. The molecule has 170 valence electrons. The van der Waals surface area contributed by atoms with E-state index in [1.807, 2.05) is 42.5 Å². The van der Waals surface area contributed by atoms with Crippen molar-refractivity contribution in [2.75, 3.05) is 5.32 Å². The van der Waals surface area contributed by atoms with Crippen LogP contribution in [0.5, 0.6) is 0 Å². The topological polar surface area (TPSA) is 68.5 Å². The number of benzene rings is 3. The van der Waals surface area contributed by atoms with Crippen LogP contribution in [-0.2, 0) is 6.54 Å². The van der Waals surface area contributed by atoms with Gasteiger partial charge in [-0.2, -0.15) is 5.10 Å². The lowest BCUT2D eigenvalue weighted by atomic mass is 10.1. The van der Waals surface area contributed by atoms with Crippen molar-refractivity contribution in [3.8, 4) is 27.5 Å². The molecular formula is C27H19ClN6S. The van der Waals surface area contributed by atoms with Crippen LogP contribution in [0.25, 0.3) is 38.5 Å². The van der Waals surface area contributed by atoms with Gasteiger partial charge in [-0.25, -0.2) is 19.6 Å². The Morgan fingerprint density at radius 1 is 0.886 bits per heavy atom. The Kier molecular flexibility index (Phi) is 5.70. The molecule has 0 saturated heterocycles. The number of thiazole rings is 1. The number of hydrogen-bond donors (Lipinski definition) is 1. The highest BCUT2D eigenvalue weighted by molar-refractivity contribution is 7.13. The molecule has 0 bridgehead atoms. The smallest absolute Gasteiger partial charge is 0.168 e. The van der Waals surface area contributed by atoms with Crippen LogP contribution in [0.4, 0.5) is 5.82 Å². The first-order valence-electron chi connectivity index (χ1n) is 11.0. The summed E-state index contributed by atoms with van der Waals surface area (Å²) in [6.45, 7) is 0.627. The van der Waals surface area contributed by atoms with Crippen molar-refractivity contribution in [3.63, 3.8) is 0 Å². The zero-order valence-electron chi connectivity index (χ0n) is 18.5. The van der Waals surface area contributed by atoms with Crippen molar-refractivity contribution in [1.29, 1.82) is 0 Å². The molecule has 35 heavy (non-hydrogen) atoms. The summed E-state index contributed by atoms with van der Waals surface area (Å²) in [7, 11) is 0. The zero-order chi connectivity index (χ0) is 23.6. The van der Waals surface area contributed by atoms with Crippen molar-refractivity contribution in [1.82, 2.24) is 24.7 Å². The lowest BCUT2D eigenvalue weighted by Crippen LogP contribution is -2.03. The zero-order valence-corrected chi connectivity index (χ0v) is 20.0. The molecule has 6 nitrogen and oxygen atoms in total. The highest BCUT2D eigenvalue weighted by Gasteiger charge is 2.12. The summed E-state index contributed by atoms with van der Waals surface area (Å²) in [5, 5.41) is 12.5. The van der Waals surface area contributed by atoms with Crippen LogP contribution in [0.2, 0.25) is 5.02 Å². The maximum absolute atomic E-state index is 6.15. The van der Waals surface area contributed by atoms with Gasteiger partial charge in [-0.3, -0.25) is 0 Å². The van der Waals surface area contributed by atoms with Crippen LogP contribution in [0.3, 0.4) is 0 Å². The summed E-state index contributed by atoms with van der Waals surface area (Å²) in [4.78, 5) is 13.7. The second-order valence-corrected chi connectivity index (χ2v) is 9.24. The molecule has 3 heterocycles. The number of anilines is 1. The Morgan fingerprint density at radius 2 is 1.74 bits per heavy atom. The molecule has 1 N–H and O–H groups in total. The minimum atomic E-state index is 0.627. The van der Waals surface area contributed by atoms with Gasteiger partial charge in [-0.15, -0.1) is 11.3 Å². The van der Waals surface area contributed by atoms with E-state index in [9.17, 15) is 0 Å². The molecule has 0 aliphatic rings. The first-order chi connectivity index (χ1) is 17.2. The van der Waals surface area contributed by atoms with Gasteiger partial charge < -0.3 is 5.32 Å². The van der Waals surface area contributed by atoms with E-state index < -0.39 is 0 Å². The second kappa shape index (κ2) is 9.29.